The van der Waals surface area contributed by atoms with Crippen molar-refractivity contribution >= 4 is 46.4 Å². The van der Waals surface area contributed by atoms with Crippen LogP contribution in [0.4, 0.5) is 11.4 Å². The molecule has 2 aromatic rings. The molecular formula is C21H25N3OS2. The molecular weight excluding hydrogens is 374 g/mol. The van der Waals surface area contributed by atoms with Gasteiger partial charge in [0.1, 0.15) is 0 Å². The van der Waals surface area contributed by atoms with Crippen LogP contribution in [0.5, 0.6) is 0 Å². The first-order valence-electron chi connectivity index (χ1n) is 9.29. The number of amides is 1. The number of thioether (sulfide) groups is 1. The van der Waals surface area contributed by atoms with Gasteiger partial charge in [-0.1, -0.05) is 30.3 Å². The molecule has 4 nitrogen and oxygen atoms in total. The third kappa shape index (κ3) is 6.26. The fourth-order valence-electron chi connectivity index (χ4n) is 2.96. The molecule has 2 N–H and O–H groups in total. The van der Waals surface area contributed by atoms with E-state index >= 15 is 0 Å². The Morgan fingerprint density at radius 3 is 2.59 bits per heavy atom. The molecule has 6 heteroatoms. The number of carbonyl (C=O) groups excluding carboxylic acids is 1. The first-order chi connectivity index (χ1) is 13.2. The lowest BCUT2D eigenvalue weighted by atomic mass is 10.2. The van der Waals surface area contributed by atoms with Gasteiger partial charge in [0, 0.05) is 36.6 Å². The summed E-state index contributed by atoms with van der Waals surface area (Å²) in [6.45, 7) is 1.67. The molecule has 0 spiro atoms. The van der Waals surface area contributed by atoms with Crippen molar-refractivity contribution in [3.63, 3.8) is 0 Å². The molecule has 0 saturated carbocycles. The van der Waals surface area contributed by atoms with Crippen molar-refractivity contribution in [3.8, 4) is 0 Å². The van der Waals surface area contributed by atoms with E-state index in [9.17, 15) is 4.79 Å². The third-order valence-electron chi connectivity index (χ3n) is 4.37. The number of hydrogen-bond donors (Lipinski definition) is 2. The molecule has 0 aromatic heterocycles. The number of nitrogens with one attached hydrogen (secondary N) is 2. The van der Waals surface area contributed by atoms with Crippen LogP contribution in [0.2, 0.25) is 0 Å². The molecule has 1 amide bonds. The monoisotopic (exact) mass is 399 g/mol. The summed E-state index contributed by atoms with van der Waals surface area (Å²) in [5.41, 5.74) is 3.26. The van der Waals surface area contributed by atoms with Crippen LogP contribution >= 0.6 is 24.0 Å². The highest BCUT2D eigenvalue weighted by molar-refractivity contribution is 7.98. The smallest absolute Gasteiger partial charge is 0.227 e. The highest BCUT2D eigenvalue weighted by Crippen LogP contribution is 2.23. The Balaban J connectivity index is 1.31. The molecule has 1 saturated heterocycles. The van der Waals surface area contributed by atoms with E-state index in [-0.39, 0.29) is 5.91 Å². The lowest BCUT2D eigenvalue weighted by molar-refractivity contribution is -0.117. The summed E-state index contributed by atoms with van der Waals surface area (Å²) in [5.74, 6) is 2.36. The quantitative estimate of drug-likeness (QED) is 0.508. The topological polar surface area (TPSA) is 44.4 Å². The third-order valence-corrected chi connectivity index (χ3v) is 5.73. The molecule has 3 rings (SSSR count). The molecule has 1 fully saturated rings. The zero-order valence-electron chi connectivity index (χ0n) is 15.3. The van der Waals surface area contributed by atoms with Crippen LogP contribution in [0.15, 0.2) is 54.6 Å². The van der Waals surface area contributed by atoms with Crippen molar-refractivity contribution in [2.24, 2.45) is 0 Å². The van der Waals surface area contributed by atoms with E-state index in [0.29, 0.717) is 11.5 Å². The molecule has 142 valence electrons. The van der Waals surface area contributed by atoms with Crippen molar-refractivity contribution in [3.05, 3.63) is 60.2 Å². The normalized spacial score (nSPS) is 13.6. The molecule has 0 atom stereocenters. The Morgan fingerprint density at radius 2 is 1.89 bits per heavy atom. The maximum absolute atomic E-state index is 11.8. The Morgan fingerprint density at radius 1 is 1.11 bits per heavy atom. The van der Waals surface area contributed by atoms with E-state index in [0.717, 1.165) is 48.8 Å². The van der Waals surface area contributed by atoms with Crippen molar-refractivity contribution in [1.29, 1.82) is 0 Å². The molecule has 1 aliphatic rings. The number of nitrogens with zero attached hydrogens (tertiary/aromatic N) is 1. The Bertz CT molecular complexity index is 750. The number of thiocarbonyl (C=S) groups is 1. The molecule has 1 heterocycles. The van der Waals surface area contributed by atoms with Gasteiger partial charge >= 0.3 is 0 Å². The second-order valence-corrected chi connectivity index (χ2v) is 7.98. The number of carbonyl (C=O) groups is 1. The lowest BCUT2D eigenvalue weighted by Crippen LogP contribution is -2.29. The SMILES string of the molecule is O=C1CCCN1c1ccc(NC(=S)NCCCSCc2ccccc2)cc1. The molecule has 0 radical (unpaired) electrons. The lowest BCUT2D eigenvalue weighted by Gasteiger charge is -2.16. The number of anilines is 2. The highest BCUT2D eigenvalue weighted by Gasteiger charge is 2.21. The van der Waals surface area contributed by atoms with Gasteiger partial charge in [-0.05, 0) is 60.6 Å². The largest absolute Gasteiger partial charge is 0.362 e. The summed E-state index contributed by atoms with van der Waals surface area (Å²) >= 11 is 7.30. The van der Waals surface area contributed by atoms with E-state index in [4.69, 9.17) is 12.2 Å². The average Bonchev–Trinajstić information content (AvgIpc) is 3.12. The molecule has 27 heavy (non-hydrogen) atoms. The minimum Gasteiger partial charge on any atom is -0.362 e. The van der Waals surface area contributed by atoms with Crippen molar-refractivity contribution in [1.82, 2.24) is 5.32 Å². The molecule has 0 bridgehead atoms. The zero-order chi connectivity index (χ0) is 18.9. The van der Waals surface area contributed by atoms with Gasteiger partial charge in [-0.2, -0.15) is 11.8 Å². The summed E-state index contributed by atoms with van der Waals surface area (Å²) in [5, 5.41) is 7.08. The van der Waals surface area contributed by atoms with Gasteiger partial charge < -0.3 is 15.5 Å². The highest BCUT2D eigenvalue weighted by atomic mass is 32.2. The van der Waals surface area contributed by atoms with Crippen molar-refractivity contribution < 1.29 is 4.79 Å². The fourth-order valence-corrected chi connectivity index (χ4v) is 4.10. The van der Waals surface area contributed by atoms with Gasteiger partial charge in [0.15, 0.2) is 5.11 Å². The van der Waals surface area contributed by atoms with Gasteiger partial charge in [0.05, 0.1) is 0 Å². The van der Waals surface area contributed by atoms with Gasteiger partial charge in [0.25, 0.3) is 0 Å². The number of benzene rings is 2. The van der Waals surface area contributed by atoms with Crippen LogP contribution < -0.4 is 15.5 Å². The van der Waals surface area contributed by atoms with Crippen LogP contribution in [-0.2, 0) is 10.5 Å². The summed E-state index contributed by atoms with van der Waals surface area (Å²) in [6, 6.07) is 18.4. The van der Waals surface area contributed by atoms with Gasteiger partial charge in [-0.25, -0.2) is 0 Å². The summed E-state index contributed by atoms with van der Waals surface area (Å²) in [6.07, 6.45) is 2.66. The van der Waals surface area contributed by atoms with Crippen LogP contribution in [0.3, 0.4) is 0 Å². The number of rotatable bonds is 8. The maximum Gasteiger partial charge on any atom is 0.227 e. The van der Waals surface area contributed by atoms with Crippen LogP contribution in [0, 0.1) is 0 Å². The van der Waals surface area contributed by atoms with Crippen LogP contribution in [0.1, 0.15) is 24.8 Å². The van der Waals surface area contributed by atoms with E-state index in [2.05, 4.69) is 34.9 Å². The van der Waals surface area contributed by atoms with Crippen molar-refractivity contribution in [2.45, 2.75) is 25.0 Å². The summed E-state index contributed by atoms with van der Waals surface area (Å²) in [4.78, 5) is 13.6. The van der Waals surface area contributed by atoms with E-state index in [1.165, 1.54) is 5.56 Å². The maximum atomic E-state index is 11.8. The second kappa shape index (κ2) is 10.3. The Kier molecular flexibility index (Phi) is 7.54. The average molecular weight is 400 g/mol. The Labute approximate surface area is 170 Å². The first kappa shape index (κ1) is 19.7. The van der Waals surface area contributed by atoms with Gasteiger partial charge in [-0.3, -0.25) is 4.79 Å². The van der Waals surface area contributed by atoms with E-state index in [1.54, 1.807) is 0 Å². The molecule has 1 aliphatic heterocycles. The second-order valence-electron chi connectivity index (χ2n) is 6.47. The van der Waals surface area contributed by atoms with Gasteiger partial charge in [0.2, 0.25) is 5.91 Å². The molecule has 0 aliphatic carbocycles. The predicted molar refractivity (Wildman–Crippen MR) is 119 cm³/mol. The van der Waals surface area contributed by atoms with E-state index < -0.39 is 0 Å². The molecule has 2 aromatic carbocycles. The summed E-state index contributed by atoms with van der Waals surface area (Å²) < 4.78 is 0. The first-order valence-corrected chi connectivity index (χ1v) is 10.9. The minimum atomic E-state index is 0.207. The standard InChI is InChI=1S/C21H25N3OS2/c25-20-8-4-14-24(20)19-11-9-18(10-12-19)23-21(26)22-13-5-15-27-16-17-6-2-1-3-7-17/h1-3,6-7,9-12H,4-5,8,13-16H2,(H2,22,23,26). The predicted octanol–water partition coefficient (Wildman–Crippen LogP) is 4.42. The minimum absolute atomic E-state index is 0.207. The van der Waals surface area contributed by atoms with Gasteiger partial charge in [-0.15, -0.1) is 0 Å². The number of hydrogen-bond acceptors (Lipinski definition) is 3. The molecule has 0 unspecified atom stereocenters. The van der Waals surface area contributed by atoms with Crippen LogP contribution in [0.25, 0.3) is 0 Å². The van der Waals surface area contributed by atoms with Crippen LogP contribution in [-0.4, -0.2) is 29.9 Å². The van der Waals surface area contributed by atoms with E-state index in [1.807, 2.05) is 47.0 Å². The summed E-state index contributed by atoms with van der Waals surface area (Å²) in [7, 11) is 0. The fraction of sp³-hybridized carbons (Fsp3) is 0.333. The van der Waals surface area contributed by atoms with Crippen molar-refractivity contribution in [2.75, 3.05) is 29.1 Å². The Hall–Kier alpha value is -2.05. The zero-order valence-corrected chi connectivity index (χ0v) is 17.0.